The Labute approximate surface area is 150 Å². The molecule has 4 atom stereocenters. The average Bonchev–Trinajstić information content (AvgIpc) is 3.37. The van der Waals surface area contributed by atoms with Gasteiger partial charge in [-0.2, -0.15) is 5.48 Å². The molecule has 7 nitrogen and oxygen atoms in total. The summed E-state index contributed by atoms with van der Waals surface area (Å²) in [6, 6.07) is 0. The minimum absolute atomic E-state index is 0.0205. The number of rotatable bonds is 5. The molecule has 3 aliphatic heterocycles. The molecule has 1 amide bonds. The van der Waals surface area contributed by atoms with Gasteiger partial charge >= 0.3 is 0 Å². The van der Waals surface area contributed by atoms with Crippen molar-refractivity contribution in [3.05, 3.63) is 0 Å². The van der Waals surface area contributed by atoms with Crippen molar-refractivity contribution in [3.8, 4) is 0 Å². The Morgan fingerprint density at radius 3 is 2.80 bits per heavy atom. The van der Waals surface area contributed by atoms with Crippen LogP contribution in [0.15, 0.2) is 0 Å². The third-order valence-corrected chi connectivity index (χ3v) is 6.10. The molecule has 0 aromatic heterocycles. The maximum Gasteiger partial charge on any atom is 0.227 e. The van der Waals surface area contributed by atoms with Gasteiger partial charge in [0.2, 0.25) is 5.91 Å². The van der Waals surface area contributed by atoms with Gasteiger partial charge in [0, 0.05) is 32.7 Å². The summed E-state index contributed by atoms with van der Waals surface area (Å²) in [5.74, 6) is 0.931. The fourth-order valence-corrected chi connectivity index (χ4v) is 4.63. The third kappa shape index (κ3) is 4.52. The number of hydrazine groups is 1. The van der Waals surface area contributed by atoms with Crippen molar-refractivity contribution < 1.29 is 14.4 Å². The lowest BCUT2D eigenvalue weighted by Crippen LogP contribution is -2.45. The van der Waals surface area contributed by atoms with E-state index in [0.29, 0.717) is 0 Å². The number of hydrogen-bond acceptors (Lipinski definition) is 6. The summed E-state index contributed by atoms with van der Waals surface area (Å²) < 4.78 is 5.68. The molecule has 3 heterocycles. The van der Waals surface area contributed by atoms with Crippen molar-refractivity contribution in [2.24, 2.45) is 11.8 Å². The normalized spacial score (nSPS) is 37.6. The molecule has 0 spiro atoms. The predicted octanol–water partition coefficient (Wildman–Crippen LogP) is 0.918. The number of hydroxylamine groups is 1. The molecular formula is C18H32N4O3. The van der Waals surface area contributed by atoms with Crippen LogP contribution in [-0.2, 0) is 14.4 Å². The van der Waals surface area contributed by atoms with Crippen molar-refractivity contribution in [1.82, 2.24) is 21.2 Å². The molecule has 7 heteroatoms. The van der Waals surface area contributed by atoms with Crippen LogP contribution in [0.5, 0.6) is 0 Å². The Hall–Kier alpha value is -0.730. The first-order valence-corrected chi connectivity index (χ1v) is 10.1. The van der Waals surface area contributed by atoms with Crippen LogP contribution in [0.1, 0.15) is 51.4 Å². The molecule has 3 saturated heterocycles. The zero-order chi connectivity index (χ0) is 17.1. The fraction of sp³-hybridized carbons (Fsp3) is 0.944. The first kappa shape index (κ1) is 17.7. The zero-order valence-corrected chi connectivity index (χ0v) is 15.0. The Morgan fingerprint density at radius 1 is 1.12 bits per heavy atom. The monoisotopic (exact) mass is 352 g/mol. The van der Waals surface area contributed by atoms with Crippen LogP contribution in [-0.4, -0.2) is 55.5 Å². The van der Waals surface area contributed by atoms with Crippen LogP contribution < -0.4 is 16.2 Å². The number of carbonyl (C=O) groups excluding carboxylic acids is 1. The molecule has 25 heavy (non-hydrogen) atoms. The number of carbonyl (C=O) groups is 1. The molecule has 0 bridgehead atoms. The fourth-order valence-electron chi connectivity index (χ4n) is 4.63. The van der Waals surface area contributed by atoms with E-state index in [-0.39, 0.29) is 30.2 Å². The summed E-state index contributed by atoms with van der Waals surface area (Å²) in [5.41, 5.74) is 6.38. The quantitative estimate of drug-likeness (QED) is 0.683. The minimum atomic E-state index is -0.103. The average molecular weight is 352 g/mol. The first-order chi connectivity index (χ1) is 12.3. The van der Waals surface area contributed by atoms with Crippen molar-refractivity contribution >= 4 is 5.91 Å². The van der Waals surface area contributed by atoms with Crippen LogP contribution >= 0.6 is 0 Å². The van der Waals surface area contributed by atoms with Crippen molar-refractivity contribution in [1.29, 1.82) is 0 Å². The van der Waals surface area contributed by atoms with Crippen molar-refractivity contribution in [3.63, 3.8) is 0 Å². The molecule has 0 aromatic rings. The standard InChI is InChI=1S/C18H32N4O3/c23-18(20-17-9-16(25-21-17)15-7-4-8-24-15)14-10-19-22(12-14)11-13-5-2-1-3-6-13/h13-17,19,21H,1-12H2,(H,20,23). The van der Waals surface area contributed by atoms with Crippen molar-refractivity contribution in [2.45, 2.75) is 69.7 Å². The Kier molecular flexibility index (Phi) is 5.87. The van der Waals surface area contributed by atoms with E-state index in [4.69, 9.17) is 9.57 Å². The second-order valence-corrected chi connectivity index (χ2v) is 8.09. The summed E-state index contributed by atoms with van der Waals surface area (Å²) in [6.45, 7) is 3.45. The van der Waals surface area contributed by atoms with E-state index >= 15 is 0 Å². The highest BCUT2D eigenvalue weighted by Gasteiger charge is 2.37. The largest absolute Gasteiger partial charge is 0.375 e. The highest BCUT2D eigenvalue weighted by molar-refractivity contribution is 5.79. The van der Waals surface area contributed by atoms with E-state index < -0.39 is 0 Å². The van der Waals surface area contributed by atoms with Gasteiger partial charge < -0.3 is 10.1 Å². The maximum atomic E-state index is 12.6. The van der Waals surface area contributed by atoms with Gasteiger partial charge in [-0.15, -0.1) is 0 Å². The van der Waals surface area contributed by atoms with Crippen LogP contribution in [0.25, 0.3) is 0 Å². The molecule has 4 fully saturated rings. The summed E-state index contributed by atoms with van der Waals surface area (Å²) in [7, 11) is 0. The lowest BCUT2D eigenvalue weighted by molar-refractivity contribution is -0.125. The number of amides is 1. The van der Waals surface area contributed by atoms with Crippen LogP contribution in [0, 0.1) is 11.8 Å². The molecule has 4 unspecified atom stereocenters. The first-order valence-electron chi connectivity index (χ1n) is 10.1. The van der Waals surface area contributed by atoms with Gasteiger partial charge in [-0.05, 0) is 31.6 Å². The van der Waals surface area contributed by atoms with Gasteiger partial charge in [-0.3, -0.25) is 15.1 Å². The lowest BCUT2D eigenvalue weighted by atomic mass is 9.89. The van der Waals surface area contributed by atoms with Gasteiger partial charge in [-0.25, -0.2) is 5.01 Å². The number of nitrogens with one attached hydrogen (secondary N) is 3. The highest BCUT2D eigenvalue weighted by Crippen LogP contribution is 2.26. The molecule has 142 valence electrons. The van der Waals surface area contributed by atoms with Gasteiger partial charge in [0.1, 0.15) is 12.3 Å². The number of ether oxygens (including phenoxy) is 1. The summed E-state index contributed by atoms with van der Waals surface area (Å²) in [5, 5.41) is 5.36. The summed E-state index contributed by atoms with van der Waals surface area (Å²) >= 11 is 0. The van der Waals surface area contributed by atoms with E-state index in [2.05, 4.69) is 21.2 Å². The number of nitrogens with zero attached hydrogens (tertiary/aromatic N) is 1. The van der Waals surface area contributed by atoms with E-state index in [0.717, 1.165) is 51.4 Å². The number of hydrogen-bond donors (Lipinski definition) is 3. The molecule has 0 radical (unpaired) electrons. The molecule has 0 aromatic carbocycles. The third-order valence-electron chi connectivity index (χ3n) is 6.10. The van der Waals surface area contributed by atoms with Crippen LogP contribution in [0.3, 0.4) is 0 Å². The Morgan fingerprint density at radius 2 is 2.00 bits per heavy atom. The molecule has 1 saturated carbocycles. The molecule has 3 N–H and O–H groups in total. The zero-order valence-electron chi connectivity index (χ0n) is 15.0. The Balaban J connectivity index is 1.18. The van der Waals surface area contributed by atoms with Gasteiger partial charge in [0.15, 0.2) is 0 Å². The Bertz CT molecular complexity index is 452. The summed E-state index contributed by atoms with van der Waals surface area (Å²) in [4.78, 5) is 18.2. The van der Waals surface area contributed by atoms with Crippen LogP contribution in [0.2, 0.25) is 0 Å². The van der Waals surface area contributed by atoms with E-state index in [9.17, 15) is 4.79 Å². The molecule has 1 aliphatic carbocycles. The van der Waals surface area contributed by atoms with Gasteiger partial charge in [0.05, 0.1) is 12.0 Å². The lowest BCUT2D eigenvalue weighted by Gasteiger charge is -2.26. The van der Waals surface area contributed by atoms with Crippen molar-refractivity contribution in [2.75, 3.05) is 26.2 Å². The molecule has 4 rings (SSSR count). The predicted molar refractivity (Wildman–Crippen MR) is 93.2 cm³/mol. The van der Waals surface area contributed by atoms with E-state index in [1.807, 2.05) is 0 Å². The van der Waals surface area contributed by atoms with E-state index in [1.54, 1.807) is 0 Å². The van der Waals surface area contributed by atoms with Gasteiger partial charge in [-0.1, -0.05) is 19.3 Å². The molecule has 4 aliphatic rings. The SMILES string of the molecule is O=C(NC1CC(C2CCCO2)ON1)C1CNN(CC2CCCCC2)C1. The summed E-state index contributed by atoms with van der Waals surface area (Å²) in [6.07, 6.45) is 9.84. The maximum absolute atomic E-state index is 12.6. The van der Waals surface area contributed by atoms with E-state index in [1.165, 1.54) is 32.1 Å². The smallest absolute Gasteiger partial charge is 0.227 e. The van der Waals surface area contributed by atoms with Gasteiger partial charge in [0.25, 0.3) is 0 Å². The highest BCUT2D eigenvalue weighted by atomic mass is 16.7. The molecular weight excluding hydrogens is 320 g/mol. The second-order valence-electron chi connectivity index (χ2n) is 8.09. The topological polar surface area (TPSA) is 74.9 Å². The second kappa shape index (κ2) is 8.31. The van der Waals surface area contributed by atoms with Crippen LogP contribution in [0.4, 0.5) is 0 Å². The minimum Gasteiger partial charge on any atom is -0.375 e.